The van der Waals surface area contributed by atoms with Crippen LogP contribution in [0.1, 0.15) is 19.9 Å². The Morgan fingerprint density at radius 2 is 2.04 bits per heavy atom. The molecule has 26 heavy (non-hydrogen) atoms. The average molecular weight is 389 g/mol. The van der Waals surface area contributed by atoms with Crippen LogP contribution < -0.4 is 10.1 Å². The monoisotopic (exact) mass is 388 g/mol. The number of ether oxygens (including phenoxy) is 1. The van der Waals surface area contributed by atoms with Gasteiger partial charge < -0.3 is 10.1 Å². The van der Waals surface area contributed by atoms with Gasteiger partial charge in [-0.1, -0.05) is 17.8 Å². The highest BCUT2D eigenvalue weighted by Crippen LogP contribution is 2.30. The van der Waals surface area contributed by atoms with Crippen molar-refractivity contribution in [3.63, 3.8) is 0 Å². The van der Waals surface area contributed by atoms with Crippen LogP contribution in [-0.4, -0.2) is 33.5 Å². The molecule has 0 saturated carbocycles. The summed E-state index contributed by atoms with van der Waals surface area (Å²) in [6.45, 7) is 4.17. The van der Waals surface area contributed by atoms with E-state index in [4.69, 9.17) is 4.74 Å². The van der Waals surface area contributed by atoms with Gasteiger partial charge in [0.25, 0.3) is 0 Å². The molecular formula is C18H20N4O2S2. The SMILES string of the molecule is COc1ccc(NC(=O)CSc2nnc(-c3cccs3)n2C(C)C)cc1. The van der Waals surface area contributed by atoms with Crippen LogP contribution in [0.15, 0.2) is 46.9 Å². The van der Waals surface area contributed by atoms with Gasteiger partial charge in [0.2, 0.25) is 5.91 Å². The second kappa shape index (κ2) is 8.37. The molecule has 2 aromatic heterocycles. The lowest BCUT2D eigenvalue weighted by atomic mass is 10.3. The standard InChI is InChI=1S/C18H20N4O2S2/c1-12(2)22-17(15-5-4-10-25-15)20-21-18(22)26-11-16(23)19-13-6-8-14(24-3)9-7-13/h4-10,12H,11H2,1-3H3,(H,19,23). The summed E-state index contributed by atoms with van der Waals surface area (Å²) in [5, 5.41) is 14.2. The number of amides is 1. The highest BCUT2D eigenvalue weighted by molar-refractivity contribution is 7.99. The lowest BCUT2D eigenvalue weighted by Crippen LogP contribution is -2.15. The van der Waals surface area contributed by atoms with Crippen molar-refractivity contribution in [2.24, 2.45) is 0 Å². The van der Waals surface area contributed by atoms with Gasteiger partial charge in [0, 0.05) is 11.7 Å². The second-order valence-electron chi connectivity index (χ2n) is 5.81. The number of methoxy groups -OCH3 is 1. The van der Waals surface area contributed by atoms with Crippen LogP contribution in [0.5, 0.6) is 5.75 Å². The fourth-order valence-corrected chi connectivity index (χ4v) is 3.99. The van der Waals surface area contributed by atoms with Gasteiger partial charge in [0.15, 0.2) is 11.0 Å². The lowest BCUT2D eigenvalue weighted by molar-refractivity contribution is -0.113. The van der Waals surface area contributed by atoms with Gasteiger partial charge in [-0.15, -0.1) is 21.5 Å². The van der Waals surface area contributed by atoms with Crippen LogP contribution in [0.4, 0.5) is 5.69 Å². The smallest absolute Gasteiger partial charge is 0.234 e. The van der Waals surface area contributed by atoms with Crippen molar-refractivity contribution in [2.45, 2.75) is 25.0 Å². The Balaban J connectivity index is 1.66. The quantitative estimate of drug-likeness (QED) is 0.610. The number of hydrogen-bond acceptors (Lipinski definition) is 6. The minimum atomic E-state index is -0.0869. The molecule has 3 rings (SSSR count). The molecule has 0 fully saturated rings. The van der Waals surface area contributed by atoms with E-state index in [9.17, 15) is 4.79 Å². The first kappa shape index (κ1) is 18.5. The largest absolute Gasteiger partial charge is 0.497 e. The number of carbonyl (C=O) groups excluding carboxylic acids is 1. The molecule has 1 aromatic carbocycles. The third-order valence-electron chi connectivity index (χ3n) is 3.63. The zero-order valence-corrected chi connectivity index (χ0v) is 16.4. The summed E-state index contributed by atoms with van der Waals surface area (Å²) in [6.07, 6.45) is 0. The number of hydrogen-bond donors (Lipinski definition) is 1. The summed E-state index contributed by atoms with van der Waals surface area (Å²) in [6, 6.07) is 11.5. The molecule has 3 aromatic rings. The van der Waals surface area contributed by atoms with Crippen LogP contribution in [0.3, 0.4) is 0 Å². The predicted octanol–water partition coefficient (Wildman–Crippen LogP) is 4.33. The summed E-state index contributed by atoms with van der Waals surface area (Å²) in [5.74, 6) is 1.77. The Labute approximate surface area is 160 Å². The predicted molar refractivity (Wildman–Crippen MR) is 106 cm³/mol. The summed E-state index contributed by atoms with van der Waals surface area (Å²) < 4.78 is 7.18. The normalized spacial score (nSPS) is 10.9. The van der Waals surface area contributed by atoms with E-state index in [-0.39, 0.29) is 17.7 Å². The molecule has 2 heterocycles. The third kappa shape index (κ3) is 4.25. The maximum absolute atomic E-state index is 12.2. The molecule has 0 aliphatic rings. The summed E-state index contributed by atoms with van der Waals surface area (Å²) in [5.41, 5.74) is 0.737. The van der Waals surface area contributed by atoms with E-state index in [2.05, 4.69) is 33.9 Å². The third-order valence-corrected chi connectivity index (χ3v) is 5.44. The molecule has 1 N–H and O–H groups in total. The summed E-state index contributed by atoms with van der Waals surface area (Å²) in [7, 11) is 1.61. The van der Waals surface area contributed by atoms with Gasteiger partial charge in [-0.3, -0.25) is 9.36 Å². The number of thioether (sulfide) groups is 1. The van der Waals surface area contributed by atoms with Gasteiger partial charge in [0.1, 0.15) is 5.75 Å². The molecule has 0 spiro atoms. The van der Waals surface area contributed by atoms with Crippen LogP contribution in [0, 0.1) is 0 Å². The van der Waals surface area contributed by atoms with Gasteiger partial charge in [-0.05, 0) is 49.6 Å². The summed E-state index contributed by atoms with van der Waals surface area (Å²) >= 11 is 3.01. The fraction of sp³-hybridized carbons (Fsp3) is 0.278. The minimum absolute atomic E-state index is 0.0869. The van der Waals surface area contributed by atoms with Crippen LogP contribution in [0.2, 0.25) is 0 Å². The maximum Gasteiger partial charge on any atom is 0.234 e. The number of nitrogens with zero attached hydrogens (tertiary/aromatic N) is 3. The van der Waals surface area contributed by atoms with E-state index >= 15 is 0 Å². The molecule has 0 unspecified atom stereocenters. The highest BCUT2D eigenvalue weighted by atomic mass is 32.2. The number of anilines is 1. The average Bonchev–Trinajstić information content (AvgIpc) is 3.29. The molecule has 0 aliphatic heterocycles. The van der Waals surface area contributed by atoms with Crippen LogP contribution >= 0.6 is 23.1 Å². The molecular weight excluding hydrogens is 368 g/mol. The van der Waals surface area contributed by atoms with Gasteiger partial charge >= 0.3 is 0 Å². The molecule has 0 bridgehead atoms. The van der Waals surface area contributed by atoms with Gasteiger partial charge in [0.05, 0.1) is 17.7 Å². The second-order valence-corrected chi connectivity index (χ2v) is 7.70. The van der Waals surface area contributed by atoms with Crippen molar-refractivity contribution in [2.75, 3.05) is 18.2 Å². The Morgan fingerprint density at radius 1 is 1.27 bits per heavy atom. The first-order valence-electron chi connectivity index (χ1n) is 8.14. The Kier molecular flexibility index (Phi) is 5.95. The van der Waals surface area contributed by atoms with E-state index in [1.807, 2.05) is 41.8 Å². The molecule has 0 atom stereocenters. The van der Waals surface area contributed by atoms with E-state index in [0.29, 0.717) is 0 Å². The molecule has 136 valence electrons. The first-order chi connectivity index (χ1) is 12.6. The zero-order valence-electron chi connectivity index (χ0n) is 14.8. The van der Waals surface area contributed by atoms with E-state index < -0.39 is 0 Å². The first-order valence-corrected chi connectivity index (χ1v) is 10.0. The Morgan fingerprint density at radius 3 is 2.65 bits per heavy atom. The number of nitrogens with one attached hydrogen (secondary N) is 1. The number of benzene rings is 1. The minimum Gasteiger partial charge on any atom is -0.497 e. The van der Waals surface area contributed by atoms with E-state index in [0.717, 1.165) is 27.3 Å². The van der Waals surface area contributed by atoms with Crippen molar-refractivity contribution in [3.8, 4) is 16.5 Å². The molecule has 0 aliphatic carbocycles. The van der Waals surface area contributed by atoms with Crippen molar-refractivity contribution in [1.29, 1.82) is 0 Å². The van der Waals surface area contributed by atoms with Crippen LogP contribution in [0.25, 0.3) is 10.7 Å². The number of carbonyl (C=O) groups is 1. The lowest BCUT2D eigenvalue weighted by Gasteiger charge is -2.13. The number of aromatic nitrogens is 3. The van der Waals surface area contributed by atoms with Crippen molar-refractivity contribution in [1.82, 2.24) is 14.8 Å². The number of rotatable bonds is 7. The Hall–Kier alpha value is -2.32. The number of thiophene rings is 1. The van der Waals surface area contributed by atoms with Crippen LogP contribution in [-0.2, 0) is 4.79 Å². The van der Waals surface area contributed by atoms with Gasteiger partial charge in [-0.25, -0.2) is 0 Å². The van der Waals surface area contributed by atoms with Crippen molar-refractivity contribution in [3.05, 3.63) is 41.8 Å². The summed E-state index contributed by atoms with van der Waals surface area (Å²) in [4.78, 5) is 13.3. The fourth-order valence-electron chi connectivity index (χ4n) is 2.42. The molecule has 6 nitrogen and oxygen atoms in total. The van der Waals surface area contributed by atoms with E-state index in [1.165, 1.54) is 11.8 Å². The van der Waals surface area contributed by atoms with E-state index in [1.54, 1.807) is 18.4 Å². The topological polar surface area (TPSA) is 69.0 Å². The Bertz CT molecular complexity index is 858. The van der Waals surface area contributed by atoms with Gasteiger partial charge in [-0.2, -0.15) is 0 Å². The molecule has 1 amide bonds. The van der Waals surface area contributed by atoms with Crippen molar-refractivity contribution < 1.29 is 9.53 Å². The highest BCUT2D eigenvalue weighted by Gasteiger charge is 2.18. The molecule has 0 saturated heterocycles. The maximum atomic E-state index is 12.2. The van der Waals surface area contributed by atoms with Crippen molar-refractivity contribution >= 4 is 34.7 Å². The zero-order chi connectivity index (χ0) is 18.5. The molecule has 8 heteroatoms. The molecule has 0 radical (unpaired) electrons.